The molecule has 0 bridgehead atoms. The summed E-state index contributed by atoms with van der Waals surface area (Å²) in [5, 5.41) is 8.65. The van der Waals surface area contributed by atoms with E-state index >= 15 is 0 Å². The first kappa shape index (κ1) is 20.5. The normalized spacial score (nSPS) is 15.2. The van der Waals surface area contributed by atoms with Gasteiger partial charge in [-0.3, -0.25) is 0 Å². The number of fused-ring (bicyclic) bond motifs is 7. The van der Waals surface area contributed by atoms with E-state index < -0.39 is 6.67 Å². The molecule has 3 heteroatoms. The van der Waals surface area contributed by atoms with Crippen LogP contribution in [0.2, 0.25) is 0 Å². The second-order valence-electron chi connectivity index (χ2n) is 10.8. The van der Waals surface area contributed by atoms with Crippen molar-refractivity contribution >= 4 is 59.8 Å². The van der Waals surface area contributed by atoms with Crippen LogP contribution >= 0.6 is 0 Å². The van der Waals surface area contributed by atoms with Crippen molar-refractivity contribution in [3.63, 3.8) is 0 Å². The third kappa shape index (κ3) is 2.39. The summed E-state index contributed by atoms with van der Waals surface area (Å²) >= 11 is 0. The lowest BCUT2D eigenvalue weighted by atomic mass is 9.86. The van der Waals surface area contributed by atoms with Crippen LogP contribution in [0.3, 0.4) is 0 Å². The van der Waals surface area contributed by atoms with E-state index in [4.69, 9.17) is 0 Å². The summed E-state index contributed by atoms with van der Waals surface area (Å²) in [6.07, 6.45) is 7.19. The fraction of sp³-hybridized carbons (Fsp3) is 0.242. The molecule has 3 aromatic heterocycles. The van der Waals surface area contributed by atoms with E-state index in [0.29, 0.717) is 5.92 Å². The lowest BCUT2D eigenvalue weighted by molar-refractivity contribution is -0.643. The standard InChI is InChI=1S/C33H28FN2/c1-19-23-11-5-6-12-24(23)28(20-9-3-4-10-20)32-27(19)31-30-21(15-16-35(31)2)17-22(18-34)29-25-13-7-8-14-26(25)36(32)33(29)30/h5-8,11-17,20H,3-4,9-10,18H2,1-2H3/q+1. The number of alkyl halides is 1. The highest BCUT2D eigenvalue weighted by Gasteiger charge is 2.31. The number of hydrogen-bond donors (Lipinski definition) is 0. The van der Waals surface area contributed by atoms with E-state index in [1.54, 1.807) is 0 Å². The molecular formula is C33H28FN2+. The fourth-order valence-electron chi connectivity index (χ4n) is 7.50. The Balaban J connectivity index is 1.83. The zero-order chi connectivity index (χ0) is 24.1. The van der Waals surface area contributed by atoms with E-state index in [2.05, 4.69) is 89.8 Å². The Morgan fingerprint density at radius 1 is 0.861 bits per heavy atom. The Kier molecular flexibility index (Phi) is 4.07. The second-order valence-corrected chi connectivity index (χ2v) is 10.8. The molecule has 0 N–H and O–H groups in total. The molecule has 0 aliphatic heterocycles. The van der Waals surface area contributed by atoms with Crippen LogP contribution in [0.1, 0.15) is 48.3 Å². The van der Waals surface area contributed by atoms with Crippen molar-refractivity contribution in [1.29, 1.82) is 0 Å². The van der Waals surface area contributed by atoms with Gasteiger partial charge in [-0.15, -0.1) is 0 Å². The van der Waals surface area contributed by atoms with Crippen molar-refractivity contribution < 1.29 is 8.96 Å². The molecule has 0 radical (unpaired) electrons. The first-order valence-corrected chi connectivity index (χ1v) is 13.2. The highest BCUT2D eigenvalue weighted by molar-refractivity contribution is 6.29. The van der Waals surface area contributed by atoms with Crippen LogP contribution in [0, 0.1) is 6.92 Å². The van der Waals surface area contributed by atoms with Crippen LogP contribution in [0.5, 0.6) is 0 Å². The largest absolute Gasteiger partial charge is 0.307 e. The third-order valence-corrected chi connectivity index (χ3v) is 8.97. The van der Waals surface area contributed by atoms with E-state index in [9.17, 15) is 4.39 Å². The SMILES string of the molecule is Cc1c2ccccc2c(C2CCCC2)c2c1c1c3c(cc[n+]1C)cc(CF)c1c4ccccc4n2c13. The van der Waals surface area contributed by atoms with E-state index in [-0.39, 0.29) is 0 Å². The van der Waals surface area contributed by atoms with Crippen molar-refractivity contribution in [3.05, 3.63) is 83.6 Å². The fourth-order valence-corrected chi connectivity index (χ4v) is 7.50. The van der Waals surface area contributed by atoms with Gasteiger partial charge in [0.1, 0.15) is 13.7 Å². The minimum atomic E-state index is -0.462. The van der Waals surface area contributed by atoms with Crippen molar-refractivity contribution in [1.82, 2.24) is 4.40 Å². The lowest BCUT2D eigenvalue weighted by Gasteiger charge is -2.22. The molecule has 36 heavy (non-hydrogen) atoms. The number of pyridine rings is 2. The van der Waals surface area contributed by atoms with Gasteiger partial charge in [-0.25, -0.2) is 8.96 Å². The van der Waals surface area contributed by atoms with Gasteiger partial charge in [0, 0.05) is 16.8 Å². The number of para-hydroxylation sites is 1. The summed E-state index contributed by atoms with van der Waals surface area (Å²) in [6, 6.07) is 21.8. The number of rotatable bonds is 2. The minimum Gasteiger partial charge on any atom is -0.307 e. The molecule has 0 unspecified atom stereocenters. The van der Waals surface area contributed by atoms with E-state index in [1.165, 1.54) is 80.4 Å². The Bertz CT molecular complexity index is 2010. The molecule has 1 fully saturated rings. The molecule has 0 atom stereocenters. The summed E-state index contributed by atoms with van der Waals surface area (Å²) in [6.45, 7) is 1.83. The van der Waals surface area contributed by atoms with Gasteiger partial charge in [-0.05, 0) is 70.7 Å². The molecule has 3 heterocycles. The van der Waals surface area contributed by atoms with Crippen molar-refractivity contribution in [3.8, 4) is 0 Å². The molecule has 4 aromatic carbocycles. The van der Waals surface area contributed by atoms with Gasteiger partial charge in [0.15, 0.2) is 6.20 Å². The highest BCUT2D eigenvalue weighted by atomic mass is 19.1. The number of halogens is 1. The van der Waals surface area contributed by atoms with Gasteiger partial charge in [0.05, 0.1) is 27.3 Å². The monoisotopic (exact) mass is 471 g/mol. The molecule has 0 saturated heterocycles. The van der Waals surface area contributed by atoms with Crippen molar-refractivity contribution in [2.45, 2.75) is 45.2 Å². The summed E-state index contributed by atoms with van der Waals surface area (Å²) in [5.41, 5.74) is 8.55. The van der Waals surface area contributed by atoms with E-state index in [0.717, 1.165) is 21.7 Å². The quantitative estimate of drug-likeness (QED) is 0.136. The average Bonchev–Trinajstić information content (AvgIpc) is 3.56. The Labute approximate surface area is 208 Å². The Morgan fingerprint density at radius 2 is 1.58 bits per heavy atom. The zero-order valence-corrected chi connectivity index (χ0v) is 20.7. The number of hydrogen-bond acceptors (Lipinski definition) is 0. The van der Waals surface area contributed by atoms with Crippen LogP contribution in [0.4, 0.5) is 4.39 Å². The minimum absolute atomic E-state index is 0.462. The molecule has 0 amide bonds. The smallest absolute Gasteiger partial charge is 0.224 e. The van der Waals surface area contributed by atoms with Gasteiger partial charge < -0.3 is 4.40 Å². The van der Waals surface area contributed by atoms with E-state index in [1.807, 2.05) is 0 Å². The zero-order valence-electron chi connectivity index (χ0n) is 20.7. The van der Waals surface area contributed by atoms with Crippen LogP contribution in [0.15, 0.2) is 66.9 Å². The number of nitrogens with zero attached hydrogens (tertiary/aromatic N) is 2. The molecule has 176 valence electrons. The molecule has 1 aliphatic rings. The molecule has 0 spiro atoms. The summed E-state index contributed by atoms with van der Waals surface area (Å²) in [7, 11) is 2.16. The molecule has 8 rings (SSSR count). The van der Waals surface area contributed by atoms with Crippen LogP contribution in [0.25, 0.3) is 59.8 Å². The molecule has 2 nitrogen and oxygen atoms in total. The van der Waals surface area contributed by atoms with Crippen molar-refractivity contribution in [2.24, 2.45) is 7.05 Å². The first-order chi connectivity index (χ1) is 17.7. The summed E-state index contributed by atoms with van der Waals surface area (Å²) < 4.78 is 19.4. The average molecular weight is 472 g/mol. The number of benzene rings is 4. The van der Waals surface area contributed by atoms with Gasteiger partial charge in [0.25, 0.3) is 0 Å². The predicted octanol–water partition coefficient (Wildman–Crippen LogP) is 8.40. The molecular weight excluding hydrogens is 443 g/mol. The molecule has 7 aromatic rings. The number of aromatic nitrogens is 2. The highest BCUT2D eigenvalue weighted by Crippen LogP contribution is 2.48. The first-order valence-electron chi connectivity index (χ1n) is 13.2. The lowest BCUT2D eigenvalue weighted by Crippen LogP contribution is -2.29. The van der Waals surface area contributed by atoms with Crippen LogP contribution in [-0.2, 0) is 13.7 Å². The molecule has 1 aliphatic carbocycles. The van der Waals surface area contributed by atoms with Gasteiger partial charge >= 0.3 is 0 Å². The van der Waals surface area contributed by atoms with Gasteiger partial charge in [0.2, 0.25) is 5.52 Å². The predicted molar refractivity (Wildman–Crippen MR) is 148 cm³/mol. The summed E-state index contributed by atoms with van der Waals surface area (Å²) in [5.74, 6) is 0.538. The van der Waals surface area contributed by atoms with Gasteiger partial charge in [-0.2, -0.15) is 0 Å². The topological polar surface area (TPSA) is 8.29 Å². The Hall–Kier alpha value is -3.72. The van der Waals surface area contributed by atoms with Crippen LogP contribution < -0.4 is 4.57 Å². The maximum atomic E-state index is 14.6. The van der Waals surface area contributed by atoms with Crippen molar-refractivity contribution in [2.75, 3.05) is 0 Å². The summed E-state index contributed by atoms with van der Waals surface area (Å²) in [4.78, 5) is 0. The maximum absolute atomic E-state index is 14.6. The van der Waals surface area contributed by atoms with Gasteiger partial charge in [-0.1, -0.05) is 55.3 Å². The number of aryl methyl sites for hydroxylation is 2. The molecule has 1 saturated carbocycles. The van der Waals surface area contributed by atoms with Crippen LogP contribution in [-0.4, -0.2) is 4.40 Å². The second kappa shape index (κ2) is 7.16. The Morgan fingerprint density at radius 3 is 2.36 bits per heavy atom. The maximum Gasteiger partial charge on any atom is 0.224 e. The third-order valence-electron chi connectivity index (χ3n) is 8.97.